The second kappa shape index (κ2) is 5.50. The van der Waals surface area contributed by atoms with Gasteiger partial charge < -0.3 is 10.8 Å². The maximum Gasteiger partial charge on any atom is 0.303 e. The lowest BCUT2D eigenvalue weighted by Crippen LogP contribution is -2.35. The molecule has 2 atom stereocenters. The third-order valence-corrected chi connectivity index (χ3v) is 3.75. The molecule has 0 saturated heterocycles. The molecule has 1 aliphatic carbocycles. The average Bonchev–Trinajstić information content (AvgIpc) is 2.15. The van der Waals surface area contributed by atoms with Crippen LogP contribution in [-0.4, -0.2) is 17.1 Å². The summed E-state index contributed by atoms with van der Waals surface area (Å²) >= 11 is 0. The Morgan fingerprint density at radius 1 is 1.40 bits per heavy atom. The van der Waals surface area contributed by atoms with Crippen molar-refractivity contribution >= 4 is 5.97 Å². The van der Waals surface area contributed by atoms with E-state index in [0.717, 1.165) is 18.8 Å². The van der Waals surface area contributed by atoms with Gasteiger partial charge in [0.1, 0.15) is 0 Å². The molecule has 1 aliphatic rings. The third kappa shape index (κ3) is 3.82. The van der Waals surface area contributed by atoms with Crippen LogP contribution in [0.4, 0.5) is 0 Å². The quantitative estimate of drug-likeness (QED) is 0.753. The summed E-state index contributed by atoms with van der Waals surface area (Å²) < 4.78 is 0. The largest absolute Gasteiger partial charge is 0.481 e. The Balaban J connectivity index is 2.52. The molecule has 88 valence electrons. The van der Waals surface area contributed by atoms with E-state index < -0.39 is 5.97 Å². The van der Waals surface area contributed by atoms with E-state index in [9.17, 15) is 4.79 Å². The molecule has 0 radical (unpaired) electrons. The minimum Gasteiger partial charge on any atom is -0.481 e. The Labute approximate surface area is 92.0 Å². The summed E-state index contributed by atoms with van der Waals surface area (Å²) in [5.74, 6) is 0.781. The maximum atomic E-state index is 10.8. The highest BCUT2D eigenvalue weighted by molar-refractivity contribution is 5.67. The van der Waals surface area contributed by atoms with Crippen molar-refractivity contribution in [3.8, 4) is 0 Å². The molecule has 0 aromatic heterocycles. The van der Waals surface area contributed by atoms with Crippen LogP contribution in [0.1, 0.15) is 46.0 Å². The number of hydrogen-bond donors (Lipinski definition) is 2. The second-order valence-electron chi connectivity index (χ2n) is 5.14. The zero-order chi connectivity index (χ0) is 11.4. The SMILES string of the molecule is CC1CCC(C(CC(=O)O)C(C)N)CC1. The van der Waals surface area contributed by atoms with Crippen LogP contribution >= 0.6 is 0 Å². The average molecular weight is 213 g/mol. The molecule has 0 bridgehead atoms. The fourth-order valence-electron chi connectivity index (χ4n) is 2.70. The van der Waals surface area contributed by atoms with Crippen molar-refractivity contribution in [3.63, 3.8) is 0 Å². The lowest BCUT2D eigenvalue weighted by Gasteiger charge is -2.34. The van der Waals surface area contributed by atoms with E-state index in [-0.39, 0.29) is 18.4 Å². The lowest BCUT2D eigenvalue weighted by molar-refractivity contribution is -0.138. The first kappa shape index (κ1) is 12.5. The first-order valence-electron chi connectivity index (χ1n) is 5.98. The normalized spacial score (nSPS) is 30.9. The highest BCUT2D eigenvalue weighted by Gasteiger charge is 2.29. The minimum absolute atomic E-state index is 0.000457. The summed E-state index contributed by atoms with van der Waals surface area (Å²) in [5.41, 5.74) is 5.89. The van der Waals surface area contributed by atoms with Crippen LogP contribution in [-0.2, 0) is 4.79 Å². The fraction of sp³-hybridized carbons (Fsp3) is 0.917. The molecular formula is C12H23NO2. The van der Waals surface area contributed by atoms with Crippen molar-refractivity contribution in [2.24, 2.45) is 23.5 Å². The van der Waals surface area contributed by atoms with Gasteiger partial charge >= 0.3 is 5.97 Å². The van der Waals surface area contributed by atoms with Gasteiger partial charge in [0.25, 0.3) is 0 Å². The smallest absolute Gasteiger partial charge is 0.303 e. The monoisotopic (exact) mass is 213 g/mol. The van der Waals surface area contributed by atoms with Gasteiger partial charge in [0.2, 0.25) is 0 Å². The first-order valence-corrected chi connectivity index (χ1v) is 5.98. The van der Waals surface area contributed by atoms with Gasteiger partial charge in [-0.15, -0.1) is 0 Å². The molecule has 3 N–H and O–H groups in total. The predicted molar refractivity (Wildman–Crippen MR) is 60.5 cm³/mol. The summed E-state index contributed by atoms with van der Waals surface area (Å²) in [6.45, 7) is 4.21. The molecule has 0 aromatic carbocycles. The van der Waals surface area contributed by atoms with E-state index in [1.807, 2.05) is 6.92 Å². The number of carboxylic acid groups (broad SMARTS) is 1. The van der Waals surface area contributed by atoms with Crippen molar-refractivity contribution < 1.29 is 9.90 Å². The molecule has 0 amide bonds. The molecule has 15 heavy (non-hydrogen) atoms. The van der Waals surface area contributed by atoms with Gasteiger partial charge in [0.15, 0.2) is 0 Å². The Bertz CT molecular complexity index is 208. The van der Waals surface area contributed by atoms with Crippen LogP contribution in [0.5, 0.6) is 0 Å². The van der Waals surface area contributed by atoms with Gasteiger partial charge in [-0.3, -0.25) is 4.79 Å². The summed E-state index contributed by atoms with van der Waals surface area (Å²) in [4.78, 5) is 10.8. The number of carboxylic acids is 1. The van der Waals surface area contributed by atoms with Crippen molar-refractivity contribution in [1.82, 2.24) is 0 Å². The molecule has 0 heterocycles. The van der Waals surface area contributed by atoms with Gasteiger partial charge in [-0.2, -0.15) is 0 Å². The maximum absolute atomic E-state index is 10.8. The molecule has 3 heteroatoms. The molecule has 0 spiro atoms. The lowest BCUT2D eigenvalue weighted by atomic mass is 9.73. The summed E-state index contributed by atoms with van der Waals surface area (Å²) in [5, 5.41) is 8.86. The molecule has 1 rings (SSSR count). The number of hydrogen-bond acceptors (Lipinski definition) is 2. The van der Waals surface area contributed by atoms with Gasteiger partial charge in [0.05, 0.1) is 0 Å². The number of aliphatic carboxylic acids is 1. The highest BCUT2D eigenvalue weighted by atomic mass is 16.4. The van der Waals surface area contributed by atoms with Gasteiger partial charge in [0, 0.05) is 12.5 Å². The number of rotatable bonds is 4. The Kier molecular flexibility index (Phi) is 4.58. The van der Waals surface area contributed by atoms with E-state index in [0.29, 0.717) is 5.92 Å². The molecule has 0 aromatic rings. The highest BCUT2D eigenvalue weighted by Crippen LogP contribution is 2.35. The fourth-order valence-corrected chi connectivity index (χ4v) is 2.70. The zero-order valence-electron chi connectivity index (χ0n) is 9.78. The van der Waals surface area contributed by atoms with Crippen LogP contribution in [0.25, 0.3) is 0 Å². The molecule has 0 aliphatic heterocycles. The van der Waals surface area contributed by atoms with E-state index in [1.165, 1.54) is 12.8 Å². The minimum atomic E-state index is -0.712. The first-order chi connectivity index (χ1) is 7.00. The predicted octanol–water partition coefficient (Wildman–Crippen LogP) is 2.25. The molecule has 1 saturated carbocycles. The molecule has 3 nitrogen and oxygen atoms in total. The third-order valence-electron chi connectivity index (χ3n) is 3.75. The Morgan fingerprint density at radius 3 is 2.33 bits per heavy atom. The summed E-state index contributed by atoms with van der Waals surface area (Å²) in [6, 6.07) is -0.000457. The number of carbonyl (C=O) groups is 1. The van der Waals surface area contributed by atoms with E-state index in [2.05, 4.69) is 6.92 Å². The van der Waals surface area contributed by atoms with Crippen LogP contribution in [0, 0.1) is 17.8 Å². The van der Waals surface area contributed by atoms with Gasteiger partial charge in [-0.1, -0.05) is 19.8 Å². The molecule has 1 fully saturated rings. The van der Waals surface area contributed by atoms with Crippen molar-refractivity contribution in [1.29, 1.82) is 0 Å². The van der Waals surface area contributed by atoms with Crippen LogP contribution < -0.4 is 5.73 Å². The topological polar surface area (TPSA) is 63.3 Å². The van der Waals surface area contributed by atoms with Crippen molar-refractivity contribution in [2.45, 2.75) is 52.0 Å². The Hall–Kier alpha value is -0.570. The van der Waals surface area contributed by atoms with Crippen molar-refractivity contribution in [2.75, 3.05) is 0 Å². The number of nitrogens with two attached hydrogens (primary N) is 1. The van der Waals surface area contributed by atoms with Crippen LogP contribution in [0.2, 0.25) is 0 Å². The molecular weight excluding hydrogens is 190 g/mol. The van der Waals surface area contributed by atoms with E-state index in [1.54, 1.807) is 0 Å². The van der Waals surface area contributed by atoms with Crippen molar-refractivity contribution in [3.05, 3.63) is 0 Å². The summed E-state index contributed by atoms with van der Waals surface area (Å²) in [7, 11) is 0. The molecule has 2 unspecified atom stereocenters. The van der Waals surface area contributed by atoms with Gasteiger partial charge in [-0.25, -0.2) is 0 Å². The van der Waals surface area contributed by atoms with Gasteiger partial charge in [-0.05, 0) is 37.5 Å². The van der Waals surface area contributed by atoms with E-state index in [4.69, 9.17) is 10.8 Å². The standard InChI is InChI=1S/C12H23NO2/c1-8-3-5-10(6-4-8)11(9(2)13)7-12(14)15/h8-11H,3-7,13H2,1-2H3,(H,14,15). The Morgan fingerprint density at radius 2 is 1.93 bits per heavy atom. The summed E-state index contributed by atoms with van der Waals surface area (Å²) in [6.07, 6.45) is 5.00. The van der Waals surface area contributed by atoms with Crippen LogP contribution in [0.3, 0.4) is 0 Å². The van der Waals surface area contributed by atoms with E-state index >= 15 is 0 Å². The second-order valence-corrected chi connectivity index (χ2v) is 5.14. The zero-order valence-corrected chi connectivity index (χ0v) is 9.78. The van der Waals surface area contributed by atoms with Crippen LogP contribution in [0.15, 0.2) is 0 Å².